The lowest BCUT2D eigenvalue weighted by Gasteiger charge is -2.32. The van der Waals surface area contributed by atoms with Gasteiger partial charge in [0.1, 0.15) is 0 Å². The van der Waals surface area contributed by atoms with Crippen molar-refractivity contribution in [3.8, 4) is 0 Å². The lowest BCUT2D eigenvalue weighted by atomic mass is 9.74. The van der Waals surface area contributed by atoms with E-state index in [4.69, 9.17) is 17.0 Å². The maximum atomic E-state index is 5.32. The van der Waals surface area contributed by atoms with E-state index in [-0.39, 0.29) is 0 Å². The van der Waals surface area contributed by atoms with Crippen molar-refractivity contribution >= 4 is 23.0 Å². The van der Waals surface area contributed by atoms with Gasteiger partial charge in [0.25, 0.3) is 0 Å². The van der Waals surface area contributed by atoms with Crippen LogP contribution < -0.4 is 10.7 Å². The largest absolute Gasteiger partial charge is 0.379 e. The molecule has 1 aliphatic heterocycles. The van der Waals surface area contributed by atoms with E-state index in [2.05, 4.69) is 32.9 Å². The van der Waals surface area contributed by atoms with Crippen molar-refractivity contribution in [3.63, 3.8) is 0 Å². The molecule has 2 aliphatic carbocycles. The van der Waals surface area contributed by atoms with Crippen molar-refractivity contribution in [1.82, 2.24) is 15.6 Å². The van der Waals surface area contributed by atoms with Crippen LogP contribution in [0.5, 0.6) is 0 Å². The van der Waals surface area contributed by atoms with E-state index in [0.717, 1.165) is 58.2 Å². The zero-order chi connectivity index (χ0) is 13.8. The van der Waals surface area contributed by atoms with Crippen LogP contribution in [0.15, 0.2) is 17.3 Å². The van der Waals surface area contributed by atoms with Gasteiger partial charge in [0.2, 0.25) is 0 Å². The van der Waals surface area contributed by atoms with Crippen molar-refractivity contribution < 1.29 is 4.74 Å². The first-order valence-electron chi connectivity index (χ1n) is 7.40. The van der Waals surface area contributed by atoms with Crippen LogP contribution in [0.1, 0.15) is 12.8 Å². The molecule has 0 bridgehead atoms. The molecule has 2 atom stereocenters. The second-order valence-corrected chi connectivity index (χ2v) is 5.97. The van der Waals surface area contributed by atoms with Gasteiger partial charge in [-0.25, -0.2) is 0 Å². The quantitative estimate of drug-likeness (QED) is 0.455. The maximum absolute atomic E-state index is 5.32. The van der Waals surface area contributed by atoms with Crippen LogP contribution in [-0.2, 0) is 4.74 Å². The van der Waals surface area contributed by atoms with Gasteiger partial charge in [-0.05, 0) is 31.0 Å². The molecule has 2 N–H and O–H groups in total. The fourth-order valence-corrected chi connectivity index (χ4v) is 3.13. The molecule has 0 amide bonds. The minimum absolute atomic E-state index is 0.625. The molecule has 0 aromatic heterocycles. The number of hydrazone groups is 1. The summed E-state index contributed by atoms with van der Waals surface area (Å²) in [6.07, 6.45) is 6.80. The molecule has 20 heavy (non-hydrogen) atoms. The molecule has 0 unspecified atom stereocenters. The fraction of sp³-hybridized carbons (Fsp3) is 0.714. The monoisotopic (exact) mass is 294 g/mol. The molecule has 110 valence electrons. The van der Waals surface area contributed by atoms with Crippen LogP contribution in [0.2, 0.25) is 0 Å². The van der Waals surface area contributed by atoms with Gasteiger partial charge in [0.15, 0.2) is 5.11 Å². The Morgan fingerprint density at radius 3 is 3.10 bits per heavy atom. The van der Waals surface area contributed by atoms with Crippen LogP contribution in [0.3, 0.4) is 0 Å². The van der Waals surface area contributed by atoms with Crippen LogP contribution in [-0.4, -0.2) is 55.1 Å². The second kappa shape index (κ2) is 6.65. The topological polar surface area (TPSA) is 48.9 Å². The Balaban J connectivity index is 1.30. The number of nitrogens with one attached hydrogen (secondary N) is 2. The van der Waals surface area contributed by atoms with E-state index >= 15 is 0 Å². The summed E-state index contributed by atoms with van der Waals surface area (Å²) in [7, 11) is 0. The van der Waals surface area contributed by atoms with Crippen molar-refractivity contribution in [3.05, 3.63) is 12.2 Å². The van der Waals surface area contributed by atoms with Gasteiger partial charge >= 0.3 is 0 Å². The highest BCUT2D eigenvalue weighted by Crippen LogP contribution is 2.39. The smallest absolute Gasteiger partial charge is 0.186 e. The number of ether oxygens (including phenoxy) is 1. The Morgan fingerprint density at radius 1 is 1.45 bits per heavy atom. The Hall–Kier alpha value is -0.980. The molecule has 0 aromatic rings. The van der Waals surface area contributed by atoms with Gasteiger partial charge in [0.05, 0.1) is 13.2 Å². The van der Waals surface area contributed by atoms with Gasteiger partial charge in [-0.15, -0.1) is 0 Å². The summed E-state index contributed by atoms with van der Waals surface area (Å²) in [6, 6.07) is 0. The number of hydrogen-bond acceptors (Lipinski definition) is 4. The summed E-state index contributed by atoms with van der Waals surface area (Å²) in [4.78, 5) is 2.38. The SMILES string of the molecule is S=C(NCCN1CCOCC1)N/N=C1/C[C@H]2C=CC[C@H]12. The van der Waals surface area contributed by atoms with Crippen molar-refractivity contribution in [2.75, 3.05) is 39.4 Å². The molecule has 6 heteroatoms. The third-order valence-electron chi connectivity index (χ3n) is 4.28. The molecule has 1 heterocycles. The third-order valence-corrected chi connectivity index (χ3v) is 4.52. The van der Waals surface area contributed by atoms with Crippen LogP contribution in [0, 0.1) is 11.8 Å². The van der Waals surface area contributed by atoms with Gasteiger partial charge in [-0.1, -0.05) is 12.2 Å². The number of hydrogen-bond donors (Lipinski definition) is 2. The first-order chi connectivity index (χ1) is 9.83. The van der Waals surface area contributed by atoms with E-state index in [1.807, 2.05) is 0 Å². The van der Waals surface area contributed by atoms with E-state index in [1.54, 1.807) is 0 Å². The molecule has 0 radical (unpaired) electrons. The van der Waals surface area contributed by atoms with E-state index in [0.29, 0.717) is 11.0 Å². The summed E-state index contributed by atoms with van der Waals surface area (Å²) < 4.78 is 5.32. The first-order valence-corrected chi connectivity index (χ1v) is 7.81. The highest BCUT2D eigenvalue weighted by molar-refractivity contribution is 7.80. The maximum Gasteiger partial charge on any atom is 0.186 e. The predicted octanol–water partition coefficient (Wildman–Crippen LogP) is 0.735. The molecule has 5 nitrogen and oxygen atoms in total. The Bertz CT molecular complexity index is 417. The molecule has 0 aromatic carbocycles. The number of nitrogens with zero attached hydrogens (tertiary/aromatic N) is 2. The zero-order valence-electron chi connectivity index (χ0n) is 11.7. The minimum atomic E-state index is 0.625. The molecular weight excluding hydrogens is 272 g/mol. The summed E-state index contributed by atoms with van der Waals surface area (Å²) in [6.45, 7) is 5.56. The van der Waals surface area contributed by atoms with Gasteiger partial charge in [-0.2, -0.15) is 5.10 Å². The number of thiocarbonyl (C=S) groups is 1. The van der Waals surface area contributed by atoms with Crippen LogP contribution in [0.4, 0.5) is 0 Å². The number of allylic oxidation sites excluding steroid dienone is 2. The molecule has 1 saturated carbocycles. The highest BCUT2D eigenvalue weighted by Gasteiger charge is 2.37. The molecule has 0 spiro atoms. The van der Waals surface area contributed by atoms with E-state index in [1.165, 1.54) is 5.71 Å². The average molecular weight is 294 g/mol. The first kappa shape index (κ1) is 14.0. The molecule has 1 saturated heterocycles. The minimum Gasteiger partial charge on any atom is -0.379 e. The van der Waals surface area contributed by atoms with E-state index in [9.17, 15) is 0 Å². The Labute approximate surface area is 125 Å². The third kappa shape index (κ3) is 3.37. The summed E-state index contributed by atoms with van der Waals surface area (Å²) in [5.41, 5.74) is 4.23. The number of rotatable bonds is 4. The summed E-state index contributed by atoms with van der Waals surface area (Å²) >= 11 is 5.24. The predicted molar refractivity (Wildman–Crippen MR) is 83.8 cm³/mol. The number of morpholine rings is 1. The van der Waals surface area contributed by atoms with E-state index < -0.39 is 0 Å². The van der Waals surface area contributed by atoms with Crippen molar-refractivity contribution in [1.29, 1.82) is 0 Å². The lowest BCUT2D eigenvalue weighted by Crippen LogP contribution is -2.43. The highest BCUT2D eigenvalue weighted by atomic mass is 32.1. The molecule has 2 fully saturated rings. The van der Waals surface area contributed by atoms with Crippen LogP contribution >= 0.6 is 12.2 Å². The van der Waals surface area contributed by atoms with Gasteiger partial charge < -0.3 is 10.1 Å². The molecule has 3 rings (SSSR count). The normalized spacial score (nSPS) is 30.9. The zero-order valence-corrected chi connectivity index (χ0v) is 12.5. The fourth-order valence-electron chi connectivity index (χ4n) is 2.98. The molecule has 3 aliphatic rings. The number of fused-ring (bicyclic) bond motifs is 1. The summed E-state index contributed by atoms with van der Waals surface area (Å²) in [5, 5.41) is 8.26. The van der Waals surface area contributed by atoms with Crippen LogP contribution in [0.25, 0.3) is 0 Å². The van der Waals surface area contributed by atoms with Gasteiger partial charge in [-0.3, -0.25) is 10.3 Å². The Kier molecular flexibility index (Phi) is 4.65. The summed E-state index contributed by atoms with van der Waals surface area (Å²) in [5.74, 6) is 1.37. The Morgan fingerprint density at radius 2 is 2.30 bits per heavy atom. The van der Waals surface area contributed by atoms with Gasteiger partial charge in [0, 0.05) is 37.8 Å². The van der Waals surface area contributed by atoms with Crippen molar-refractivity contribution in [2.45, 2.75) is 12.8 Å². The second-order valence-electron chi connectivity index (χ2n) is 5.56. The molecular formula is C14H22N4OS. The average Bonchev–Trinajstić information content (AvgIpc) is 2.82. The van der Waals surface area contributed by atoms with Crippen molar-refractivity contribution in [2.24, 2.45) is 16.9 Å². The standard InChI is InChI=1S/C14H22N4OS/c20-14(15-4-5-18-6-8-19-9-7-18)17-16-13-10-11-2-1-3-12(11)13/h1-2,11-12H,3-10H2,(H2,15,17,20)/b16-13-/t11-,12+/m1/s1. The lowest BCUT2D eigenvalue weighted by molar-refractivity contribution is 0.0389.